The SMILES string of the molecule is c1ccc(-c2nc(-c3ccccc3)nc(-c3ccc(N4c5ccccc5[Si]5(c6ccccc64)c4ccccc4[Si]4(c6ccccc6Oc6ccccc64)c4ccccc45)cc3)n2)cc1. The quantitative estimate of drug-likeness (QED) is 0.169. The fourth-order valence-corrected chi connectivity index (χ4v) is 23.6. The summed E-state index contributed by atoms with van der Waals surface area (Å²) >= 11 is 0. The molecule has 0 saturated carbocycles. The van der Waals surface area contributed by atoms with Crippen LogP contribution in [-0.2, 0) is 0 Å². The van der Waals surface area contributed by atoms with E-state index < -0.39 is 16.1 Å². The highest BCUT2D eigenvalue weighted by Crippen LogP contribution is 2.40. The Kier molecular flexibility index (Phi) is 8.18. The number of hydrogen-bond donors (Lipinski definition) is 0. The van der Waals surface area contributed by atoms with Gasteiger partial charge in [-0.15, -0.1) is 0 Å². The van der Waals surface area contributed by atoms with Crippen LogP contribution < -0.4 is 51.1 Å². The Morgan fingerprint density at radius 2 is 0.594 bits per heavy atom. The minimum absolute atomic E-state index is 0.634. The highest BCUT2D eigenvalue weighted by molar-refractivity contribution is 7.33. The van der Waals surface area contributed by atoms with Gasteiger partial charge in [0.1, 0.15) is 11.5 Å². The van der Waals surface area contributed by atoms with Crippen molar-refractivity contribution in [2.45, 2.75) is 0 Å². The number of hydrogen-bond acceptors (Lipinski definition) is 5. The third-order valence-corrected chi connectivity index (χ3v) is 23.8. The highest BCUT2D eigenvalue weighted by Gasteiger charge is 2.61. The number of rotatable bonds is 4. The normalized spacial score (nSPS) is 14.3. The lowest BCUT2D eigenvalue weighted by Gasteiger charge is -2.53. The van der Waals surface area contributed by atoms with Crippen molar-refractivity contribution in [1.82, 2.24) is 15.0 Å². The number of aromatic nitrogens is 3. The zero-order valence-electron chi connectivity index (χ0n) is 34.6. The van der Waals surface area contributed by atoms with E-state index in [0.717, 1.165) is 33.9 Å². The lowest BCUT2D eigenvalue weighted by molar-refractivity contribution is 0.487. The lowest BCUT2D eigenvalue weighted by Crippen LogP contribution is -2.94. The third kappa shape index (κ3) is 5.13. The van der Waals surface area contributed by atoms with Crippen LogP contribution in [-0.4, -0.2) is 31.1 Å². The van der Waals surface area contributed by atoms with Crippen LogP contribution in [0.5, 0.6) is 11.5 Å². The van der Waals surface area contributed by atoms with Gasteiger partial charge in [-0.1, -0.05) is 182 Å². The molecule has 0 unspecified atom stereocenters. The summed E-state index contributed by atoms with van der Waals surface area (Å²) in [6.07, 6.45) is 0. The molecule has 0 N–H and O–H groups in total. The summed E-state index contributed by atoms with van der Waals surface area (Å²) < 4.78 is 6.76. The second kappa shape index (κ2) is 14.3. The zero-order valence-corrected chi connectivity index (χ0v) is 36.6. The summed E-state index contributed by atoms with van der Waals surface area (Å²) in [4.78, 5) is 17.5. The molecule has 3 aliphatic rings. The molecule has 300 valence electrons. The predicted octanol–water partition coefficient (Wildman–Crippen LogP) is 7.83. The smallest absolute Gasteiger partial charge is 0.188 e. The number of nitrogens with zero attached hydrogens (tertiary/aromatic N) is 4. The van der Waals surface area contributed by atoms with Crippen LogP contribution >= 0.6 is 0 Å². The molecule has 5 nitrogen and oxygen atoms in total. The highest BCUT2D eigenvalue weighted by atomic mass is 28.3. The summed E-state index contributed by atoms with van der Waals surface area (Å²) in [5, 5.41) is 11.2. The molecule has 0 radical (unpaired) electrons. The van der Waals surface area contributed by atoms with Gasteiger partial charge < -0.3 is 9.64 Å². The topological polar surface area (TPSA) is 51.1 Å². The Bertz CT molecular complexity index is 3250. The van der Waals surface area contributed by atoms with Crippen molar-refractivity contribution in [3.8, 4) is 45.7 Å². The van der Waals surface area contributed by atoms with Crippen molar-refractivity contribution in [1.29, 1.82) is 0 Å². The van der Waals surface area contributed by atoms with Gasteiger partial charge in [0.2, 0.25) is 0 Å². The van der Waals surface area contributed by atoms with Gasteiger partial charge in [0.15, 0.2) is 33.6 Å². The summed E-state index contributed by atoms with van der Waals surface area (Å²) in [5.41, 5.74) is 6.30. The van der Waals surface area contributed by atoms with Crippen molar-refractivity contribution >= 4 is 74.7 Å². The molecule has 0 saturated heterocycles. The zero-order chi connectivity index (χ0) is 42.2. The standard InChI is InChI=1S/C57H38N4OSi2/c1-3-19-39(20-4-1)55-58-56(40-21-5-2-6-22-40)60-57(59-55)41-35-37-42(38-36-41)61-43-23-7-11-27-47(43)63(48-28-12-8-24-44(48)61)51-31-15-17-33-53(51)64(54-34-18-16-32-52(54)63)49-29-13-9-25-45(49)62-46-26-10-14-30-50(46)64/h1-38H. The van der Waals surface area contributed by atoms with Crippen LogP contribution in [0.4, 0.5) is 17.1 Å². The number of anilines is 3. The summed E-state index contributed by atoms with van der Waals surface area (Å²) in [6, 6.07) is 83.9. The molecular formula is C57H38N4OSi2. The Morgan fingerprint density at radius 1 is 0.281 bits per heavy atom. The van der Waals surface area contributed by atoms with Gasteiger partial charge in [-0.3, -0.25) is 0 Å². The molecule has 64 heavy (non-hydrogen) atoms. The fourth-order valence-electron chi connectivity index (χ4n) is 10.9. The van der Waals surface area contributed by atoms with Crippen molar-refractivity contribution in [3.05, 3.63) is 231 Å². The first kappa shape index (κ1) is 36.7. The van der Waals surface area contributed by atoms with Gasteiger partial charge in [0, 0.05) is 33.8 Å². The van der Waals surface area contributed by atoms with E-state index in [4.69, 9.17) is 19.7 Å². The van der Waals surface area contributed by atoms with E-state index in [1.807, 2.05) is 60.7 Å². The number of ether oxygens (including phenoxy) is 1. The predicted molar refractivity (Wildman–Crippen MR) is 265 cm³/mol. The molecule has 3 aliphatic heterocycles. The largest absolute Gasteiger partial charge is 0.458 e. The fraction of sp³-hybridized carbons (Fsp3) is 0. The van der Waals surface area contributed by atoms with E-state index in [-0.39, 0.29) is 0 Å². The van der Waals surface area contributed by atoms with E-state index in [1.54, 1.807) is 0 Å². The molecule has 9 aromatic carbocycles. The molecule has 13 rings (SSSR count). The van der Waals surface area contributed by atoms with Crippen LogP contribution in [0.3, 0.4) is 0 Å². The molecule has 10 aromatic rings. The molecule has 0 aliphatic carbocycles. The second-order valence-electron chi connectivity index (χ2n) is 16.6. The Hall–Kier alpha value is -7.98. The Labute approximate surface area is 373 Å². The van der Waals surface area contributed by atoms with Crippen molar-refractivity contribution in [3.63, 3.8) is 0 Å². The summed E-state index contributed by atoms with van der Waals surface area (Å²) in [7, 11) is -5.89. The molecule has 1 aromatic heterocycles. The lowest BCUT2D eigenvalue weighted by atomic mass is 10.1. The maximum Gasteiger partial charge on any atom is 0.188 e. The van der Waals surface area contributed by atoms with Crippen LogP contribution in [0, 0.1) is 0 Å². The Balaban J connectivity index is 1.02. The Morgan fingerprint density at radius 3 is 1.02 bits per heavy atom. The van der Waals surface area contributed by atoms with Gasteiger partial charge in [0.25, 0.3) is 0 Å². The van der Waals surface area contributed by atoms with E-state index in [2.05, 4.69) is 175 Å². The number of para-hydroxylation sites is 4. The molecule has 4 heterocycles. The average molecular weight is 851 g/mol. The molecule has 0 atom stereocenters. The van der Waals surface area contributed by atoms with Crippen molar-refractivity contribution < 1.29 is 4.74 Å². The van der Waals surface area contributed by atoms with Gasteiger partial charge in [0.05, 0.1) is 0 Å². The van der Waals surface area contributed by atoms with Gasteiger partial charge in [-0.2, -0.15) is 0 Å². The molecular weight excluding hydrogens is 813 g/mol. The first-order valence-corrected chi connectivity index (χ1v) is 25.8. The monoisotopic (exact) mass is 850 g/mol. The average Bonchev–Trinajstić information content (AvgIpc) is 3.38. The first-order valence-electron chi connectivity index (χ1n) is 21.8. The van der Waals surface area contributed by atoms with Crippen LogP contribution in [0.25, 0.3) is 34.2 Å². The van der Waals surface area contributed by atoms with Crippen LogP contribution in [0.15, 0.2) is 231 Å². The maximum absolute atomic E-state index is 6.76. The summed E-state index contributed by atoms with van der Waals surface area (Å²) in [6.45, 7) is 0. The molecule has 0 amide bonds. The minimum atomic E-state index is -3.00. The molecule has 0 bridgehead atoms. The number of benzene rings is 9. The molecule has 0 fully saturated rings. The van der Waals surface area contributed by atoms with Gasteiger partial charge >= 0.3 is 0 Å². The summed E-state index contributed by atoms with van der Waals surface area (Å²) in [5.74, 6) is 3.84. The van der Waals surface area contributed by atoms with Crippen molar-refractivity contribution in [2.24, 2.45) is 0 Å². The van der Waals surface area contributed by atoms with E-state index in [0.29, 0.717) is 17.5 Å². The minimum Gasteiger partial charge on any atom is -0.458 e. The van der Waals surface area contributed by atoms with Gasteiger partial charge in [-0.25, -0.2) is 15.0 Å². The third-order valence-electron chi connectivity index (χ3n) is 13.5. The van der Waals surface area contributed by atoms with E-state index in [1.165, 1.54) is 52.9 Å². The first-order chi connectivity index (χ1) is 31.7. The van der Waals surface area contributed by atoms with Crippen LogP contribution in [0.2, 0.25) is 0 Å². The van der Waals surface area contributed by atoms with Crippen LogP contribution in [0.1, 0.15) is 0 Å². The second-order valence-corrected chi connectivity index (χ2v) is 23.9. The van der Waals surface area contributed by atoms with Gasteiger partial charge in [-0.05, 0) is 90.0 Å². The van der Waals surface area contributed by atoms with Crippen molar-refractivity contribution in [2.75, 3.05) is 4.90 Å². The van der Waals surface area contributed by atoms with E-state index >= 15 is 0 Å². The maximum atomic E-state index is 6.76. The molecule has 2 spiro atoms. The number of fused-ring (bicyclic) bond motifs is 14. The van der Waals surface area contributed by atoms with E-state index in [9.17, 15) is 0 Å². The molecule has 7 heteroatoms.